The van der Waals surface area contributed by atoms with E-state index in [1.54, 1.807) is 6.92 Å². The highest BCUT2D eigenvalue weighted by molar-refractivity contribution is 6.03. The summed E-state index contributed by atoms with van der Waals surface area (Å²) in [5.41, 5.74) is -0.888. The third-order valence-electron chi connectivity index (χ3n) is 8.54. The molecule has 3 saturated carbocycles. The van der Waals surface area contributed by atoms with Gasteiger partial charge in [-0.05, 0) is 94.8 Å². The highest BCUT2D eigenvalue weighted by Gasteiger charge is 2.47. The third kappa shape index (κ3) is 4.82. The van der Waals surface area contributed by atoms with Gasteiger partial charge in [-0.2, -0.15) is 0 Å². The van der Waals surface area contributed by atoms with Crippen LogP contribution in [0, 0.1) is 35.0 Å². The summed E-state index contributed by atoms with van der Waals surface area (Å²) >= 11 is 0. The van der Waals surface area contributed by atoms with Gasteiger partial charge in [-0.25, -0.2) is 0 Å². The molecule has 0 N–H and O–H groups in total. The van der Waals surface area contributed by atoms with Gasteiger partial charge in [-0.15, -0.1) is 0 Å². The fourth-order valence-electron chi connectivity index (χ4n) is 6.53. The van der Waals surface area contributed by atoms with Crippen molar-refractivity contribution in [2.45, 2.75) is 104 Å². The maximum atomic E-state index is 12.8. The van der Waals surface area contributed by atoms with Crippen LogP contribution in [-0.4, -0.2) is 18.4 Å². The van der Waals surface area contributed by atoms with E-state index in [0.717, 1.165) is 24.2 Å². The van der Waals surface area contributed by atoms with Crippen LogP contribution in [0.2, 0.25) is 0 Å². The number of Topliss-reactive ketones (excluding diaryl/α,β-unsaturated/α-hetero) is 1. The molecular weight excluding hydrogens is 348 g/mol. The summed E-state index contributed by atoms with van der Waals surface area (Å²) in [6.45, 7) is 6.29. The minimum absolute atomic E-state index is 0.124. The highest BCUT2D eigenvalue weighted by atomic mass is 16.5. The molecule has 0 saturated heterocycles. The van der Waals surface area contributed by atoms with Gasteiger partial charge in [0.25, 0.3) is 0 Å². The Balaban J connectivity index is 1.45. The second-order valence-corrected chi connectivity index (χ2v) is 10.2. The molecule has 3 fully saturated rings. The van der Waals surface area contributed by atoms with E-state index in [2.05, 4.69) is 6.92 Å². The predicted molar refractivity (Wildman–Crippen MR) is 113 cm³/mol. The largest absolute Gasteiger partial charge is 0.465 e. The molecule has 0 unspecified atom stereocenters. The molecule has 0 bridgehead atoms. The van der Waals surface area contributed by atoms with E-state index in [-0.39, 0.29) is 11.8 Å². The first-order valence-electron chi connectivity index (χ1n) is 12.2. The molecule has 0 aliphatic heterocycles. The topological polar surface area (TPSA) is 43.4 Å². The number of carbonyl (C=O) groups excluding carboxylic acids is 2. The standard InChI is InChI=1S/C25H42O3/c1-4-6-18-7-9-19(10-8-18)20-11-13-21(14-12-20)22-15-16-25(3,23(26)17-22)24(27)28-5-2/h18-22H,4-17H2,1-3H3/t18?,19?,20?,21?,22-,25+/m1/s1. The maximum absolute atomic E-state index is 12.8. The second kappa shape index (κ2) is 9.76. The Morgan fingerprint density at radius 2 is 1.43 bits per heavy atom. The lowest BCUT2D eigenvalue weighted by molar-refractivity contribution is -0.162. The molecule has 160 valence electrons. The highest BCUT2D eigenvalue weighted by Crippen LogP contribution is 2.47. The van der Waals surface area contributed by atoms with Crippen molar-refractivity contribution in [2.24, 2.45) is 35.0 Å². The fraction of sp³-hybridized carbons (Fsp3) is 0.920. The first-order valence-corrected chi connectivity index (χ1v) is 12.2. The molecule has 3 aliphatic rings. The monoisotopic (exact) mass is 390 g/mol. The Labute approximate surface area is 172 Å². The average Bonchev–Trinajstić information content (AvgIpc) is 2.71. The molecule has 3 rings (SSSR count). The average molecular weight is 391 g/mol. The maximum Gasteiger partial charge on any atom is 0.319 e. The molecule has 28 heavy (non-hydrogen) atoms. The molecule has 0 aromatic carbocycles. The van der Waals surface area contributed by atoms with Gasteiger partial charge in [0.05, 0.1) is 6.61 Å². The summed E-state index contributed by atoms with van der Waals surface area (Å²) in [7, 11) is 0. The van der Waals surface area contributed by atoms with Crippen molar-refractivity contribution in [3.63, 3.8) is 0 Å². The fourth-order valence-corrected chi connectivity index (χ4v) is 6.53. The normalized spacial score (nSPS) is 39.5. The molecular formula is C25H42O3. The van der Waals surface area contributed by atoms with Crippen LogP contribution >= 0.6 is 0 Å². The zero-order valence-electron chi connectivity index (χ0n) is 18.5. The lowest BCUT2D eigenvalue weighted by atomic mass is 9.62. The number of rotatable bonds is 6. The van der Waals surface area contributed by atoms with Crippen LogP contribution in [0.5, 0.6) is 0 Å². The molecule has 0 heterocycles. The molecule has 0 spiro atoms. The number of carbonyl (C=O) groups is 2. The van der Waals surface area contributed by atoms with Crippen molar-refractivity contribution in [1.82, 2.24) is 0 Å². The van der Waals surface area contributed by atoms with Gasteiger partial charge in [0.15, 0.2) is 0 Å². The summed E-state index contributed by atoms with van der Waals surface area (Å²) in [4.78, 5) is 25.0. The summed E-state index contributed by atoms with van der Waals surface area (Å²) in [6, 6.07) is 0. The molecule has 3 nitrogen and oxygen atoms in total. The Hall–Kier alpha value is -0.860. The number of hydrogen-bond donors (Lipinski definition) is 0. The van der Waals surface area contributed by atoms with Gasteiger partial charge < -0.3 is 4.74 Å². The summed E-state index contributed by atoms with van der Waals surface area (Å²) in [5.74, 6) is 3.91. The molecule has 0 radical (unpaired) electrons. The van der Waals surface area contributed by atoms with E-state index < -0.39 is 5.41 Å². The summed E-state index contributed by atoms with van der Waals surface area (Å²) in [5, 5.41) is 0. The molecule has 0 amide bonds. The molecule has 0 aromatic rings. The SMILES string of the molecule is CCCC1CCC(C2CCC([C@@H]3CC[C@](C)(C(=O)OCC)C(=O)C3)CC2)CC1. The number of ether oxygens (including phenoxy) is 1. The van der Waals surface area contributed by atoms with Crippen molar-refractivity contribution in [3.05, 3.63) is 0 Å². The van der Waals surface area contributed by atoms with E-state index in [0.29, 0.717) is 31.3 Å². The Morgan fingerprint density at radius 1 is 0.893 bits per heavy atom. The second-order valence-electron chi connectivity index (χ2n) is 10.2. The summed E-state index contributed by atoms with van der Waals surface area (Å²) < 4.78 is 5.18. The zero-order chi connectivity index (χ0) is 20.1. The van der Waals surface area contributed by atoms with E-state index in [1.165, 1.54) is 64.2 Å². The van der Waals surface area contributed by atoms with E-state index >= 15 is 0 Å². The van der Waals surface area contributed by atoms with Crippen molar-refractivity contribution in [3.8, 4) is 0 Å². The Morgan fingerprint density at radius 3 is 1.93 bits per heavy atom. The van der Waals surface area contributed by atoms with Crippen molar-refractivity contribution in [1.29, 1.82) is 0 Å². The van der Waals surface area contributed by atoms with E-state index in [1.807, 2.05) is 6.92 Å². The van der Waals surface area contributed by atoms with E-state index in [9.17, 15) is 9.59 Å². The van der Waals surface area contributed by atoms with Gasteiger partial charge in [0.1, 0.15) is 11.2 Å². The Bertz CT molecular complexity index is 526. The van der Waals surface area contributed by atoms with Gasteiger partial charge in [0, 0.05) is 6.42 Å². The molecule has 2 atom stereocenters. The van der Waals surface area contributed by atoms with Gasteiger partial charge in [-0.3, -0.25) is 9.59 Å². The Kier molecular flexibility index (Phi) is 7.61. The third-order valence-corrected chi connectivity index (χ3v) is 8.54. The van der Waals surface area contributed by atoms with Crippen molar-refractivity contribution in [2.75, 3.05) is 6.61 Å². The van der Waals surface area contributed by atoms with Crippen LogP contribution in [0.4, 0.5) is 0 Å². The van der Waals surface area contributed by atoms with Gasteiger partial charge in [0.2, 0.25) is 0 Å². The van der Waals surface area contributed by atoms with Crippen molar-refractivity contribution >= 4 is 11.8 Å². The quantitative estimate of drug-likeness (QED) is 0.393. The number of hydrogen-bond acceptors (Lipinski definition) is 3. The predicted octanol–water partition coefficient (Wildman–Crippen LogP) is 6.34. The minimum Gasteiger partial charge on any atom is -0.465 e. The molecule has 0 aromatic heterocycles. The van der Waals surface area contributed by atoms with E-state index in [4.69, 9.17) is 4.74 Å². The lowest BCUT2D eigenvalue weighted by Gasteiger charge is -2.42. The smallest absolute Gasteiger partial charge is 0.319 e. The lowest BCUT2D eigenvalue weighted by Crippen LogP contribution is -2.44. The number of esters is 1. The van der Waals surface area contributed by atoms with Gasteiger partial charge >= 0.3 is 5.97 Å². The number of ketones is 1. The van der Waals surface area contributed by atoms with Crippen LogP contribution in [-0.2, 0) is 14.3 Å². The van der Waals surface area contributed by atoms with Crippen LogP contribution in [0.3, 0.4) is 0 Å². The van der Waals surface area contributed by atoms with Crippen LogP contribution in [0.15, 0.2) is 0 Å². The van der Waals surface area contributed by atoms with Gasteiger partial charge in [-0.1, -0.05) is 32.6 Å². The van der Waals surface area contributed by atoms with Crippen LogP contribution in [0.1, 0.15) is 104 Å². The van der Waals surface area contributed by atoms with Crippen LogP contribution < -0.4 is 0 Å². The molecule has 3 aliphatic carbocycles. The summed E-state index contributed by atoms with van der Waals surface area (Å²) in [6.07, 6.45) is 16.2. The first-order chi connectivity index (χ1) is 13.5. The molecule has 3 heteroatoms. The van der Waals surface area contributed by atoms with Crippen LogP contribution in [0.25, 0.3) is 0 Å². The minimum atomic E-state index is -0.888. The first kappa shape index (κ1) is 21.8. The zero-order valence-corrected chi connectivity index (χ0v) is 18.5. The van der Waals surface area contributed by atoms with Crippen molar-refractivity contribution < 1.29 is 14.3 Å².